The van der Waals surface area contributed by atoms with Crippen LogP contribution in [0.2, 0.25) is 5.02 Å². The van der Waals surface area contributed by atoms with Gasteiger partial charge in [0.2, 0.25) is 0 Å². The van der Waals surface area contributed by atoms with E-state index < -0.39 is 0 Å². The molecule has 2 nitrogen and oxygen atoms in total. The molecule has 1 aromatic rings. The quantitative estimate of drug-likeness (QED) is 0.819. The third kappa shape index (κ3) is 2.10. The SMILES string of the molecule is NCc1cc(Cl)c(I)cc1CO. The van der Waals surface area contributed by atoms with Crippen LogP contribution < -0.4 is 5.73 Å². The molecule has 0 heterocycles. The van der Waals surface area contributed by atoms with Crippen LogP contribution in [0.15, 0.2) is 12.1 Å². The van der Waals surface area contributed by atoms with Crippen LogP contribution in [0.5, 0.6) is 0 Å². The van der Waals surface area contributed by atoms with Crippen molar-refractivity contribution >= 4 is 34.2 Å². The highest BCUT2D eigenvalue weighted by atomic mass is 127. The number of hydrogen-bond acceptors (Lipinski definition) is 2. The van der Waals surface area contributed by atoms with Crippen LogP contribution in [0.3, 0.4) is 0 Å². The molecule has 0 bridgehead atoms. The van der Waals surface area contributed by atoms with Crippen molar-refractivity contribution in [3.05, 3.63) is 31.9 Å². The Morgan fingerprint density at radius 3 is 2.58 bits per heavy atom. The molecule has 0 saturated heterocycles. The number of benzene rings is 1. The highest BCUT2D eigenvalue weighted by Crippen LogP contribution is 2.22. The van der Waals surface area contributed by atoms with E-state index in [2.05, 4.69) is 22.6 Å². The number of aliphatic hydroxyl groups excluding tert-OH is 1. The largest absolute Gasteiger partial charge is 0.392 e. The first-order chi connectivity index (χ1) is 5.69. The summed E-state index contributed by atoms with van der Waals surface area (Å²) in [7, 11) is 0. The molecule has 1 rings (SSSR count). The Morgan fingerprint density at radius 2 is 2.08 bits per heavy atom. The first-order valence-electron chi connectivity index (χ1n) is 3.46. The molecule has 12 heavy (non-hydrogen) atoms. The lowest BCUT2D eigenvalue weighted by atomic mass is 10.1. The minimum Gasteiger partial charge on any atom is -0.392 e. The second kappa shape index (κ2) is 4.41. The molecule has 0 saturated carbocycles. The standard InChI is InChI=1S/C8H9ClINO/c9-7-1-5(3-11)6(4-12)2-8(7)10/h1-2,12H,3-4,11H2. The van der Waals surface area contributed by atoms with Crippen molar-refractivity contribution in [2.45, 2.75) is 13.2 Å². The van der Waals surface area contributed by atoms with Crippen molar-refractivity contribution in [3.63, 3.8) is 0 Å². The van der Waals surface area contributed by atoms with E-state index >= 15 is 0 Å². The van der Waals surface area contributed by atoms with Crippen LogP contribution >= 0.6 is 34.2 Å². The fraction of sp³-hybridized carbons (Fsp3) is 0.250. The average molecular weight is 298 g/mol. The molecule has 3 N–H and O–H groups in total. The molecular weight excluding hydrogens is 288 g/mol. The molecule has 0 unspecified atom stereocenters. The Morgan fingerprint density at radius 1 is 1.42 bits per heavy atom. The van der Waals surface area contributed by atoms with Crippen LogP contribution in [0.1, 0.15) is 11.1 Å². The van der Waals surface area contributed by atoms with E-state index in [4.69, 9.17) is 22.4 Å². The predicted octanol–water partition coefficient (Wildman–Crippen LogP) is 1.90. The molecule has 0 aromatic heterocycles. The van der Waals surface area contributed by atoms with Gasteiger partial charge in [-0.15, -0.1) is 0 Å². The fourth-order valence-electron chi connectivity index (χ4n) is 0.966. The summed E-state index contributed by atoms with van der Waals surface area (Å²) in [6.45, 7) is 0.423. The van der Waals surface area contributed by atoms with Gasteiger partial charge < -0.3 is 10.8 Å². The van der Waals surface area contributed by atoms with Crippen LogP contribution in [0, 0.1) is 3.57 Å². The smallest absolute Gasteiger partial charge is 0.0685 e. The van der Waals surface area contributed by atoms with E-state index in [1.54, 1.807) is 6.07 Å². The normalized spacial score (nSPS) is 10.3. The monoisotopic (exact) mass is 297 g/mol. The molecule has 66 valence electrons. The first-order valence-corrected chi connectivity index (χ1v) is 4.92. The van der Waals surface area contributed by atoms with Gasteiger partial charge in [0.1, 0.15) is 0 Å². The molecule has 0 aliphatic rings. The lowest BCUT2D eigenvalue weighted by Gasteiger charge is -2.06. The predicted molar refractivity (Wildman–Crippen MR) is 58.0 cm³/mol. The van der Waals surface area contributed by atoms with Gasteiger partial charge in [0.05, 0.1) is 11.6 Å². The van der Waals surface area contributed by atoms with Gasteiger partial charge in [-0.05, 0) is 45.9 Å². The first kappa shape index (κ1) is 10.2. The number of nitrogens with two attached hydrogens (primary N) is 1. The topological polar surface area (TPSA) is 46.2 Å². The summed E-state index contributed by atoms with van der Waals surface area (Å²) in [4.78, 5) is 0. The van der Waals surface area contributed by atoms with Crippen LogP contribution in [-0.2, 0) is 13.2 Å². The zero-order chi connectivity index (χ0) is 9.14. The summed E-state index contributed by atoms with van der Waals surface area (Å²) in [5.41, 5.74) is 7.23. The summed E-state index contributed by atoms with van der Waals surface area (Å²) in [5.74, 6) is 0. The summed E-state index contributed by atoms with van der Waals surface area (Å²) in [5, 5.41) is 9.65. The van der Waals surface area contributed by atoms with Crippen LogP contribution in [-0.4, -0.2) is 5.11 Å². The maximum atomic E-state index is 8.96. The molecule has 1 aromatic carbocycles. The van der Waals surface area contributed by atoms with E-state index in [-0.39, 0.29) is 6.61 Å². The third-order valence-corrected chi connectivity index (χ3v) is 3.16. The van der Waals surface area contributed by atoms with Gasteiger partial charge in [0.15, 0.2) is 0 Å². The van der Waals surface area contributed by atoms with E-state index in [1.807, 2.05) is 6.07 Å². The Hall–Kier alpha value is 0.160. The Balaban J connectivity index is 3.19. The van der Waals surface area contributed by atoms with Gasteiger partial charge in [0, 0.05) is 10.1 Å². The third-order valence-electron chi connectivity index (χ3n) is 1.63. The molecule has 0 aliphatic heterocycles. The van der Waals surface area contributed by atoms with Gasteiger partial charge in [-0.2, -0.15) is 0 Å². The zero-order valence-electron chi connectivity index (χ0n) is 6.35. The van der Waals surface area contributed by atoms with Gasteiger partial charge in [-0.3, -0.25) is 0 Å². The van der Waals surface area contributed by atoms with Crippen molar-refractivity contribution < 1.29 is 5.11 Å². The van der Waals surface area contributed by atoms with Gasteiger partial charge in [0.25, 0.3) is 0 Å². The van der Waals surface area contributed by atoms with Crippen molar-refractivity contribution in [3.8, 4) is 0 Å². The van der Waals surface area contributed by atoms with E-state index in [9.17, 15) is 0 Å². The van der Waals surface area contributed by atoms with Crippen molar-refractivity contribution in [1.29, 1.82) is 0 Å². The molecule has 0 amide bonds. The lowest BCUT2D eigenvalue weighted by molar-refractivity contribution is 0.280. The highest BCUT2D eigenvalue weighted by Gasteiger charge is 2.04. The van der Waals surface area contributed by atoms with E-state index in [0.717, 1.165) is 14.7 Å². The second-order valence-corrected chi connectivity index (χ2v) is 3.97. The molecule has 0 spiro atoms. The van der Waals surface area contributed by atoms with Gasteiger partial charge >= 0.3 is 0 Å². The Bertz CT molecular complexity index is 262. The summed E-state index contributed by atoms with van der Waals surface area (Å²) < 4.78 is 0.940. The van der Waals surface area contributed by atoms with Gasteiger partial charge in [-0.1, -0.05) is 11.6 Å². The minimum atomic E-state index is 0.0136. The summed E-state index contributed by atoms with van der Waals surface area (Å²) in [6, 6.07) is 3.65. The number of halogens is 2. The van der Waals surface area contributed by atoms with Crippen molar-refractivity contribution in [2.75, 3.05) is 0 Å². The second-order valence-electron chi connectivity index (χ2n) is 2.40. The lowest BCUT2D eigenvalue weighted by Crippen LogP contribution is -2.02. The zero-order valence-corrected chi connectivity index (χ0v) is 9.26. The van der Waals surface area contributed by atoms with Crippen molar-refractivity contribution in [1.82, 2.24) is 0 Å². The van der Waals surface area contributed by atoms with Crippen molar-refractivity contribution in [2.24, 2.45) is 5.73 Å². The van der Waals surface area contributed by atoms with Crippen LogP contribution in [0.25, 0.3) is 0 Å². The summed E-state index contributed by atoms with van der Waals surface area (Å²) in [6.07, 6.45) is 0. The molecule has 0 atom stereocenters. The van der Waals surface area contributed by atoms with E-state index in [1.165, 1.54) is 0 Å². The number of hydrogen-bond donors (Lipinski definition) is 2. The maximum Gasteiger partial charge on any atom is 0.0685 e. The highest BCUT2D eigenvalue weighted by molar-refractivity contribution is 14.1. The molecule has 4 heteroatoms. The van der Waals surface area contributed by atoms with E-state index in [0.29, 0.717) is 11.6 Å². The molecule has 0 fully saturated rings. The summed E-state index contributed by atoms with van der Waals surface area (Å²) >= 11 is 8.00. The maximum absolute atomic E-state index is 8.96. The van der Waals surface area contributed by atoms with Gasteiger partial charge in [-0.25, -0.2) is 0 Å². The molecule has 0 aliphatic carbocycles. The Kier molecular flexibility index (Phi) is 3.77. The fourth-order valence-corrected chi connectivity index (χ4v) is 1.68. The minimum absolute atomic E-state index is 0.0136. The Labute approximate surface area is 89.9 Å². The van der Waals surface area contributed by atoms with Crippen LogP contribution in [0.4, 0.5) is 0 Å². The number of aliphatic hydroxyl groups is 1. The average Bonchev–Trinajstić information content (AvgIpc) is 2.09. The number of rotatable bonds is 2. The molecular formula is C8H9ClINO. The molecule has 0 radical (unpaired) electrons.